The minimum atomic E-state index is -0.739. The molecular weight excluding hydrogens is 160 g/mol. The van der Waals surface area contributed by atoms with E-state index in [0.29, 0.717) is 0 Å². The van der Waals surface area contributed by atoms with Gasteiger partial charge >= 0.3 is 0 Å². The Labute approximate surface area is 69.4 Å². The zero-order valence-corrected chi connectivity index (χ0v) is 6.79. The van der Waals surface area contributed by atoms with Gasteiger partial charge in [-0.05, 0) is 17.5 Å². The van der Waals surface area contributed by atoms with Crippen molar-refractivity contribution in [2.24, 2.45) is 0 Å². The number of thiophene rings is 1. The average Bonchev–Trinajstić information content (AvgIpc) is 2.52. The van der Waals surface area contributed by atoms with Gasteiger partial charge in [0.1, 0.15) is 0 Å². The van der Waals surface area contributed by atoms with Crippen LogP contribution in [0.4, 0.5) is 0 Å². The monoisotopic (exact) mass is 170 g/mol. The number of aliphatic hydroxyl groups excluding tert-OH is 2. The zero-order chi connectivity index (χ0) is 8.10. The van der Waals surface area contributed by atoms with Crippen molar-refractivity contribution in [1.82, 2.24) is 0 Å². The first-order valence-electron chi connectivity index (χ1n) is 3.33. The van der Waals surface area contributed by atoms with Crippen molar-refractivity contribution < 1.29 is 10.2 Å². The molecule has 1 atom stereocenters. The van der Waals surface area contributed by atoms with Crippen LogP contribution in [0.2, 0.25) is 0 Å². The number of hydrogen-bond donors (Lipinski definition) is 2. The first-order chi connectivity index (χ1) is 5.33. The molecular formula is C8H10O2S. The predicted octanol–water partition coefficient (Wildman–Crippen LogP) is 1.11. The van der Waals surface area contributed by atoms with E-state index in [2.05, 4.69) is 0 Å². The van der Waals surface area contributed by atoms with Gasteiger partial charge in [-0.25, -0.2) is 0 Å². The van der Waals surface area contributed by atoms with Crippen LogP contribution in [0.5, 0.6) is 0 Å². The summed E-state index contributed by atoms with van der Waals surface area (Å²) in [5, 5.41) is 19.4. The minimum absolute atomic E-state index is 0.220. The van der Waals surface area contributed by atoms with Gasteiger partial charge in [-0.1, -0.05) is 12.1 Å². The second-order valence-corrected chi connectivity index (χ2v) is 3.10. The van der Waals surface area contributed by atoms with E-state index >= 15 is 0 Å². The third kappa shape index (κ3) is 2.84. The van der Waals surface area contributed by atoms with Gasteiger partial charge in [-0.3, -0.25) is 0 Å². The Bertz CT molecular complexity index is 216. The van der Waals surface area contributed by atoms with Crippen LogP contribution in [0.1, 0.15) is 4.88 Å². The maximum atomic E-state index is 8.92. The lowest BCUT2D eigenvalue weighted by Crippen LogP contribution is -2.06. The first-order valence-corrected chi connectivity index (χ1v) is 4.21. The SMILES string of the molecule is OC[C@H](O)/C=C/c1cccs1. The molecule has 1 aromatic rings. The van der Waals surface area contributed by atoms with E-state index in [1.807, 2.05) is 17.5 Å². The van der Waals surface area contributed by atoms with Crippen molar-refractivity contribution in [3.8, 4) is 0 Å². The van der Waals surface area contributed by atoms with E-state index in [4.69, 9.17) is 10.2 Å². The van der Waals surface area contributed by atoms with Crippen LogP contribution >= 0.6 is 11.3 Å². The van der Waals surface area contributed by atoms with Crippen molar-refractivity contribution in [2.45, 2.75) is 6.10 Å². The summed E-state index contributed by atoms with van der Waals surface area (Å²) < 4.78 is 0. The molecule has 0 aliphatic carbocycles. The second kappa shape index (κ2) is 4.28. The quantitative estimate of drug-likeness (QED) is 0.713. The van der Waals surface area contributed by atoms with Crippen LogP contribution in [0.25, 0.3) is 6.08 Å². The summed E-state index contributed by atoms with van der Waals surface area (Å²) >= 11 is 1.60. The molecule has 1 rings (SSSR count). The highest BCUT2D eigenvalue weighted by Crippen LogP contribution is 2.10. The molecule has 2 N–H and O–H groups in total. The summed E-state index contributed by atoms with van der Waals surface area (Å²) in [6.45, 7) is -0.220. The molecule has 3 heteroatoms. The molecule has 2 nitrogen and oxygen atoms in total. The Kier molecular flexibility index (Phi) is 3.29. The Morgan fingerprint density at radius 1 is 1.64 bits per heavy atom. The molecule has 0 bridgehead atoms. The second-order valence-electron chi connectivity index (χ2n) is 2.12. The molecule has 0 spiro atoms. The molecule has 0 aliphatic heterocycles. The third-order valence-corrected chi connectivity index (χ3v) is 2.05. The lowest BCUT2D eigenvalue weighted by atomic mass is 10.3. The maximum Gasteiger partial charge on any atom is 0.0955 e. The third-order valence-electron chi connectivity index (χ3n) is 1.21. The van der Waals surface area contributed by atoms with Crippen molar-refractivity contribution in [3.05, 3.63) is 28.5 Å². The highest BCUT2D eigenvalue weighted by molar-refractivity contribution is 7.10. The van der Waals surface area contributed by atoms with Gasteiger partial charge in [-0.2, -0.15) is 0 Å². The molecule has 0 aliphatic rings. The molecule has 0 radical (unpaired) electrons. The normalized spacial score (nSPS) is 14.0. The van der Waals surface area contributed by atoms with E-state index in [-0.39, 0.29) is 6.61 Å². The molecule has 0 fully saturated rings. The summed E-state index contributed by atoms with van der Waals surface area (Å²) in [5.74, 6) is 0. The molecule has 0 saturated heterocycles. The largest absolute Gasteiger partial charge is 0.393 e. The zero-order valence-electron chi connectivity index (χ0n) is 5.97. The lowest BCUT2D eigenvalue weighted by molar-refractivity contribution is 0.131. The maximum absolute atomic E-state index is 8.92. The Hall–Kier alpha value is -0.640. The van der Waals surface area contributed by atoms with Crippen LogP contribution in [0, 0.1) is 0 Å². The van der Waals surface area contributed by atoms with Gasteiger partial charge in [-0.15, -0.1) is 11.3 Å². The molecule has 0 amide bonds. The summed E-state index contributed by atoms with van der Waals surface area (Å²) in [4.78, 5) is 1.08. The van der Waals surface area contributed by atoms with Gasteiger partial charge in [0.25, 0.3) is 0 Å². The fourth-order valence-electron chi connectivity index (χ4n) is 0.653. The average molecular weight is 170 g/mol. The standard InChI is InChI=1S/C8H10O2S/c9-6-7(10)3-4-8-2-1-5-11-8/h1-5,7,9-10H,6H2/b4-3+/t7-/m1/s1. The Morgan fingerprint density at radius 3 is 3.00 bits per heavy atom. The lowest BCUT2D eigenvalue weighted by Gasteiger charge is -1.96. The van der Waals surface area contributed by atoms with Crippen molar-refractivity contribution in [2.75, 3.05) is 6.61 Å². The summed E-state index contributed by atoms with van der Waals surface area (Å²) in [6.07, 6.45) is 2.63. The van der Waals surface area contributed by atoms with Gasteiger partial charge in [0.15, 0.2) is 0 Å². The fraction of sp³-hybridized carbons (Fsp3) is 0.250. The van der Waals surface area contributed by atoms with Gasteiger partial charge in [0.2, 0.25) is 0 Å². The van der Waals surface area contributed by atoms with Crippen molar-refractivity contribution in [1.29, 1.82) is 0 Å². The number of rotatable bonds is 3. The summed E-state index contributed by atoms with van der Waals surface area (Å²) in [5.41, 5.74) is 0. The first kappa shape index (κ1) is 8.46. The highest BCUT2D eigenvalue weighted by atomic mass is 32.1. The number of aliphatic hydroxyl groups is 2. The molecule has 11 heavy (non-hydrogen) atoms. The fourth-order valence-corrected chi connectivity index (χ4v) is 1.28. The van der Waals surface area contributed by atoms with Gasteiger partial charge in [0.05, 0.1) is 12.7 Å². The molecule has 1 aromatic heterocycles. The Balaban J connectivity index is 2.48. The van der Waals surface area contributed by atoms with Gasteiger partial charge < -0.3 is 10.2 Å². The molecule has 1 heterocycles. The van der Waals surface area contributed by atoms with E-state index in [1.165, 1.54) is 0 Å². The van der Waals surface area contributed by atoms with Gasteiger partial charge in [0, 0.05) is 4.88 Å². The van der Waals surface area contributed by atoms with Crippen LogP contribution < -0.4 is 0 Å². The van der Waals surface area contributed by atoms with Crippen LogP contribution in [0.3, 0.4) is 0 Å². The molecule has 0 unspecified atom stereocenters. The molecule has 0 aromatic carbocycles. The van der Waals surface area contributed by atoms with Crippen LogP contribution in [-0.2, 0) is 0 Å². The summed E-state index contributed by atoms with van der Waals surface area (Å²) in [6, 6.07) is 3.89. The van der Waals surface area contributed by atoms with Crippen LogP contribution in [-0.4, -0.2) is 22.9 Å². The van der Waals surface area contributed by atoms with E-state index in [1.54, 1.807) is 23.5 Å². The topological polar surface area (TPSA) is 40.5 Å². The smallest absolute Gasteiger partial charge is 0.0955 e. The predicted molar refractivity (Wildman–Crippen MR) is 46.4 cm³/mol. The minimum Gasteiger partial charge on any atom is -0.393 e. The van der Waals surface area contributed by atoms with Crippen LogP contribution in [0.15, 0.2) is 23.6 Å². The van der Waals surface area contributed by atoms with E-state index in [9.17, 15) is 0 Å². The number of hydrogen-bond acceptors (Lipinski definition) is 3. The Morgan fingerprint density at radius 2 is 2.45 bits per heavy atom. The highest BCUT2D eigenvalue weighted by Gasteiger charge is 1.93. The molecule has 60 valence electrons. The summed E-state index contributed by atoms with van der Waals surface area (Å²) in [7, 11) is 0. The van der Waals surface area contributed by atoms with Crippen molar-refractivity contribution >= 4 is 17.4 Å². The van der Waals surface area contributed by atoms with E-state index < -0.39 is 6.10 Å². The van der Waals surface area contributed by atoms with E-state index in [0.717, 1.165) is 4.88 Å². The molecule has 0 saturated carbocycles. The van der Waals surface area contributed by atoms with Crippen molar-refractivity contribution in [3.63, 3.8) is 0 Å².